The molecule has 1 atom stereocenters. The number of hydrogen-bond donors (Lipinski definition) is 3. The zero-order valence-electron chi connectivity index (χ0n) is 17.6. The summed E-state index contributed by atoms with van der Waals surface area (Å²) < 4.78 is 4.94. The molecule has 2 amide bonds. The Hall–Kier alpha value is -3.26. The lowest BCUT2D eigenvalue weighted by Crippen LogP contribution is -2.35. The van der Waals surface area contributed by atoms with E-state index in [1.165, 1.54) is 0 Å². The number of benzene rings is 2. The summed E-state index contributed by atoms with van der Waals surface area (Å²) >= 11 is 5.18. The van der Waals surface area contributed by atoms with Crippen LogP contribution in [0, 0.1) is 0 Å². The summed E-state index contributed by atoms with van der Waals surface area (Å²) in [5, 5.41) is 8.39. The molecule has 8 heteroatoms. The molecule has 0 aliphatic rings. The van der Waals surface area contributed by atoms with Gasteiger partial charge in [0, 0.05) is 6.42 Å². The fourth-order valence-corrected chi connectivity index (χ4v) is 2.96. The molecule has 0 saturated carbocycles. The number of nitrogens with one attached hydrogen (secondary N) is 3. The first-order chi connectivity index (χ1) is 14.9. The van der Waals surface area contributed by atoms with Gasteiger partial charge in [0.2, 0.25) is 5.91 Å². The number of thiocarbonyl (C=S) groups is 1. The van der Waals surface area contributed by atoms with Gasteiger partial charge >= 0.3 is 5.97 Å². The van der Waals surface area contributed by atoms with Crippen molar-refractivity contribution < 1.29 is 19.1 Å². The predicted octanol–water partition coefficient (Wildman–Crippen LogP) is 3.72. The number of carbonyl (C=O) groups is 3. The molecule has 0 saturated heterocycles. The van der Waals surface area contributed by atoms with Crippen molar-refractivity contribution >= 4 is 40.8 Å². The van der Waals surface area contributed by atoms with Crippen LogP contribution in [0.15, 0.2) is 54.6 Å². The van der Waals surface area contributed by atoms with E-state index in [4.69, 9.17) is 17.0 Å². The van der Waals surface area contributed by atoms with Crippen molar-refractivity contribution in [1.82, 2.24) is 10.6 Å². The molecule has 0 aromatic heterocycles. The lowest BCUT2D eigenvalue weighted by Gasteiger charge is -2.17. The molecule has 0 heterocycles. The van der Waals surface area contributed by atoms with Gasteiger partial charge in [-0.05, 0) is 43.3 Å². The van der Waals surface area contributed by atoms with Crippen molar-refractivity contribution in [1.29, 1.82) is 0 Å². The van der Waals surface area contributed by atoms with Crippen molar-refractivity contribution in [2.24, 2.45) is 0 Å². The van der Waals surface area contributed by atoms with E-state index in [9.17, 15) is 14.4 Å². The van der Waals surface area contributed by atoms with Gasteiger partial charge in [0.1, 0.15) is 0 Å². The smallest absolute Gasteiger partial charge is 0.306 e. The number of esters is 1. The SMILES string of the molecule is CCCOC(=O)CCC(=O)NC(=S)Nc1ccccc1C(=O)NC(C)c1ccccc1. The van der Waals surface area contributed by atoms with Crippen LogP contribution in [-0.4, -0.2) is 29.5 Å². The summed E-state index contributed by atoms with van der Waals surface area (Å²) in [4.78, 5) is 36.3. The number of anilines is 1. The molecule has 0 fully saturated rings. The van der Waals surface area contributed by atoms with Crippen molar-refractivity contribution in [2.75, 3.05) is 11.9 Å². The topological polar surface area (TPSA) is 96.5 Å². The minimum absolute atomic E-state index is 0.0230. The van der Waals surface area contributed by atoms with Crippen molar-refractivity contribution in [3.8, 4) is 0 Å². The standard InChI is InChI=1S/C23H27N3O4S/c1-3-15-30-21(28)14-13-20(27)26-23(31)25-19-12-8-7-11-18(19)22(29)24-16(2)17-9-5-4-6-10-17/h4-12,16H,3,13-15H2,1-2H3,(H,24,29)(H2,25,26,27,31). The zero-order valence-corrected chi connectivity index (χ0v) is 18.5. The number of para-hydroxylation sites is 1. The van der Waals surface area contributed by atoms with Gasteiger partial charge in [0.25, 0.3) is 5.91 Å². The van der Waals surface area contributed by atoms with Gasteiger partial charge in [-0.3, -0.25) is 14.4 Å². The molecule has 0 spiro atoms. The second kappa shape index (κ2) is 12.4. The fraction of sp³-hybridized carbons (Fsp3) is 0.304. The van der Waals surface area contributed by atoms with Crippen molar-refractivity contribution in [2.45, 2.75) is 39.2 Å². The average molecular weight is 442 g/mol. The maximum absolute atomic E-state index is 12.8. The molecular formula is C23H27N3O4S. The Labute approximate surface area is 187 Å². The molecular weight excluding hydrogens is 414 g/mol. The minimum atomic E-state index is -0.426. The van der Waals surface area contributed by atoms with E-state index in [1.807, 2.05) is 44.2 Å². The first-order valence-electron chi connectivity index (χ1n) is 10.1. The summed E-state index contributed by atoms with van der Waals surface area (Å²) in [6.45, 7) is 4.13. The first-order valence-corrected chi connectivity index (χ1v) is 10.5. The van der Waals surface area contributed by atoms with Crippen LogP contribution in [0.4, 0.5) is 5.69 Å². The Balaban J connectivity index is 1.92. The highest BCUT2D eigenvalue weighted by Gasteiger charge is 2.16. The van der Waals surface area contributed by atoms with Crippen LogP contribution in [-0.2, 0) is 14.3 Å². The van der Waals surface area contributed by atoms with Gasteiger partial charge in [-0.25, -0.2) is 0 Å². The highest BCUT2D eigenvalue weighted by molar-refractivity contribution is 7.80. The van der Waals surface area contributed by atoms with Gasteiger partial charge < -0.3 is 20.7 Å². The number of amides is 2. The molecule has 164 valence electrons. The Kier molecular flexibility index (Phi) is 9.64. The number of ether oxygens (including phenoxy) is 1. The molecule has 2 aromatic carbocycles. The molecule has 31 heavy (non-hydrogen) atoms. The monoisotopic (exact) mass is 441 g/mol. The fourth-order valence-electron chi connectivity index (χ4n) is 2.74. The van der Waals surface area contributed by atoms with Crippen LogP contribution in [0.25, 0.3) is 0 Å². The summed E-state index contributed by atoms with van der Waals surface area (Å²) in [7, 11) is 0. The average Bonchev–Trinajstić information content (AvgIpc) is 2.77. The molecule has 0 aliphatic heterocycles. The maximum atomic E-state index is 12.8. The third-order valence-corrected chi connectivity index (χ3v) is 4.55. The Morgan fingerprint density at radius 3 is 2.39 bits per heavy atom. The zero-order chi connectivity index (χ0) is 22.6. The largest absolute Gasteiger partial charge is 0.466 e. The van der Waals surface area contributed by atoms with Crippen molar-refractivity contribution in [3.05, 3.63) is 65.7 Å². The Morgan fingerprint density at radius 2 is 1.68 bits per heavy atom. The highest BCUT2D eigenvalue weighted by Crippen LogP contribution is 2.18. The number of rotatable bonds is 9. The lowest BCUT2D eigenvalue weighted by molar-refractivity contribution is -0.144. The van der Waals surface area contributed by atoms with Gasteiger partial charge in [-0.1, -0.05) is 49.4 Å². The van der Waals surface area contributed by atoms with E-state index in [2.05, 4.69) is 16.0 Å². The van der Waals surface area contributed by atoms with Crippen LogP contribution in [0.1, 0.15) is 55.1 Å². The summed E-state index contributed by atoms with van der Waals surface area (Å²) in [6.07, 6.45) is 0.662. The van der Waals surface area contributed by atoms with E-state index in [0.717, 1.165) is 12.0 Å². The Bertz CT molecular complexity index is 918. The van der Waals surface area contributed by atoms with Crippen LogP contribution < -0.4 is 16.0 Å². The van der Waals surface area contributed by atoms with E-state index >= 15 is 0 Å². The normalized spacial score (nSPS) is 11.2. The highest BCUT2D eigenvalue weighted by atomic mass is 32.1. The third-order valence-electron chi connectivity index (χ3n) is 4.34. The number of hydrogen-bond acceptors (Lipinski definition) is 5. The van der Waals surface area contributed by atoms with Gasteiger partial charge in [-0.15, -0.1) is 0 Å². The summed E-state index contributed by atoms with van der Waals surface area (Å²) in [6, 6.07) is 16.3. The van der Waals surface area contributed by atoms with E-state index in [-0.39, 0.29) is 29.9 Å². The van der Waals surface area contributed by atoms with E-state index < -0.39 is 11.9 Å². The predicted molar refractivity (Wildman–Crippen MR) is 124 cm³/mol. The number of carbonyl (C=O) groups excluding carboxylic acids is 3. The quantitative estimate of drug-likeness (QED) is 0.405. The first kappa shape index (κ1) is 24.0. The minimum Gasteiger partial charge on any atom is -0.466 e. The van der Waals surface area contributed by atoms with E-state index in [0.29, 0.717) is 17.9 Å². The summed E-state index contributed by atoms with van der Waals surface area (Å²) in [5.74, 6) is -1.11. The molecule has 7 nitrogen and oxygen atoms in total. The van der Waals surface area contributed by atoms with Crippen LogP contribution in [0.5, 0.6) is 0 Å². The Morgan fingerprint density at radius 1 is 1.00 bits per heavy atom. The lowest BCUT2D eigenvalue weighted by atomic mass is 10.1. The molecule has 0 radical (unpaired) electrons. The molecule has 1 unspecified atom stereocenters. The van der Waals surface area contributed by atoms with Gasteiger partial charge in [-0.2, -0.15) is 0 Å². The molecule has 3 N–H and O–H groups in total. The second-order valence-electron chi connectivity index (χ2n) is 6.87. The van der Waals surface area contributed by atoms with Crippen molar-refractivity contribution in [3.63, 3.8) is 0 Å². The maximum Gasteiger partial charge on any atom is 0.306 e. The molecule has 0 bridgehead atoms. The van der Waals surface area contributed by atoms with Crippen LogP contribution in [0.3, 0.4) is 0 Å². The summed E-state index contributed by atoms with van der Waals surface area (Å²) in [5.41, 5.74) is 1.85. The van der Waals surface area contributed by atoms with Crippen LogP contribution in [0.2, 0.25) is 0 Å². The molecule has 0 aliphatic carbocycles. The molecule has 2 aromatic rings. The third kappa shape index (κ3) is 8.18. The van der Waals surface area contributed by atoms with Gasteiger partial charge in [0.15, 0.2) is 5.11 Å². The van der Waals surface area contributed by atoms with E-state index in [1.54, 1.807) is 24.3 Å². The second-order valence-corrected chi connectivity index (χ2v) is 7.28. The van der Waals surface area contributed by atoms with Gasteiger partial charge in [0.05, 0.1) is 30.3 Å². The molecule has 2 rings (SSSR count). The van der Waals surface area contributed by atoms with Crippen LogP contribution >= 0.6 is 12.2 Å².